The molecule has 0 saturated carbocycles. The van der Waals surface area contributed by atoms with E-state index in [1.54, 1.807) is 12.4 Å². The summed E-state index contributed by atoms with van der Waals surface area (Å²) in [6.07, 6.45) is 6.74. The Hall–Kier alpha value is -0.870. The van der Waals surface area contributed by atoms with Crippen LogP contribution in [0.15, 0.2) is 12.4 Å². The van der Waals surface area contributed by atoms with Gasteiger partial charge in [0.05, 0.1) is 12.4 Å². The van der Waals surface area contributed by atoms with Crippen molar-refractivity contribution in [1.29, 1.82) is 0 Å². The highest BCUT2D eigenvalue weighted by molar-refractivity contribution is 6.29. The molecule has 5 heteroatoms. The summed E-state index contributed by atoms with van der Waals surface area (Å²) in [5.41, 5.74) is 0. The molecule has 0 aromatic carbocycles. The molecule has 0 radical (unpaired) electrons. The molecule has 15 heavy (non-hydrogen) atoms. The number of hydrogen-bond donors (Lipinski definition) is 2. The third kappa shape index (κ3) is 3.32. The Morgan fingerprint density at radius 3 is 3.13 bits per heavy atom. The van der Waals surface area contributed by atoms with Gasteiger partial charge in [0.1, 0.15) is 11.0 Å². The third-order valence-electron chi connectivity index (χ3n) is 2.53. The summed E-state index contributed by atoms with van der Waals surface area (Å²) in [5.74, 6) is 0.773. The van der Waals surface area contributed by atoms with E-state index >= 15 is 0 Å². The summed E-state index contributed by atoms with van der Waals surface area (Å²) in [6, 6.07) is 0.479. The minimum atomic E-state index is 0.437. The summed E-state index contributed by atoms with van der Waals surface area (Å²) >= 11 is 5.77. The van der Waals surface area contributed by atoms with Crippen molar-refractivity contribution in [3.63, 3.8) is 0 Å². The minimum absolute atomic E-state index is 0.437. The maximum absolute atomic E-state index is 5.77. The average molecular weight is 227 g/mol. The maximum Gasteiger partial charge on any atom is 0.149 e. The van der Waals surface area contributed by atoms with Crippen LogP contribution in [-0.2, 0) is 0 Å². The molecule has 0 aliphatic carbocycles. The van der Waals surface area contributed by atoms with Crippen molar-refractivity contribution in [3.05, 3.63) is 17.5 Å². The Kier molecular flexibility index (Phi) is 3.75. The Morgan fingerprint density at radius 1 is 1.33 bits per heavy atom. The standard InChI is InChI=1S/C10H15ClN4/c11-9-6-13-7-10(15-9)14-8-2-1-4-12-5-3-8/h6-8,12H,1-5H2,(H,14,15). The highest BCUT2D eigenvalue weighted by Crippen LogP contribution is 2.13. The van der Waals surface area contributed by atoms with Gasteiger partial charge in [0.25, 0.3) is 0 Å². The zero-order valence-corrected chi connectivity index (χ0v) is 9.30. The van der Waals surface area contributed by atoms with Crippen LogP contribution in [0.25, 0.3) is 0 Å². The van der Waals surface area contributed by atoms with Crippen molar-refractivity contribution in [2.45, 2.75) is 25.3 Å². The smallest absolute Gasteiger partial charge is 0.149 e. The zero-order valence-electron chi connectivity index (χ0n) is 8.54. The molecule has 0 spiro atoms. The molecule has 1 saturated heterocycles. The lowest BCUT2D eigenvalue weighted by molar-refractivity contribution is 0.634. The van der Waals surface area contributed by atoms with Gasteiger partial charge in [0.15, 0.2) is 0 Å². The van der Waals surface area contributed by atoms with Gasteiger partial charge in [-0.1, -0.05) is 11.6 Å². The fraction of sp³-hybridized carbons (Fsp3) is 0.600. The lowest BCUT2D eigenvalue weighted by Gasteiger charge is -2.15. The largest absolute Gasteiger partial charge is 0.366 e. The molecule has 1 aliphatic heterocycles. The van der Waals surface area contributed by atoms with E-state index in [1.807, 2.05) is 0 Å². The maximum atomic E-state index is 5.77. The van der Waals surface area contributed by atoms with Gasteiger partial charge in [-0.15, -0.1) is 0 Å². The summed E-state index contributed by atoms with van der Waals surface area (Å²) in [6.45, 7) is 2.17. The second kappa shape index (κ2) is 5.28. The molecule has 0 bridgehead atoms. The highest BCUT2D eigenvalue weighted by Gasteiger charge is 2.11. The van der Waals surface area contributed by atoms with Crippen LogP contribution < -0.4 is 10.6 Å². The van der Waals surface area contributed by atoms with Crippen LogP contribution >= 0.6 is 11.6 Å². The second-order valence-electron chi connectivity index (χ2n) is 3.75. The van der Waals surface area contributed by atoms with Crippen LogP contribution in [0, 0.1) is 0 Å². The monoisotopic (exact) mass is 226 g/mol. The van der Waals surface area contributed by atoms with Crippen molar-refractivity contribution in [2.75, 3.05) is 18.4 Å². The first-order valence-corrected chi connectivity index (χ1v) is 5.67. The second-order valence-corrected chi connectivity index (χ2v) is 4.14. The van der Waals surface area contributed by atoms with Crippen molar-refractivity contribution in [1.82, 2.24) is 15.3 Å². The Labute approximate surface area is 94.5 Å². The molecule has 2 N–H and O–H groups in total. The molecular weight excluding hydrogens is 212 g/mol. The summed E-state index contributed by atoms with van der Waals surface area (Å²) in [4.78, 5) is 8.17. The number of halogens is 1. The van der Waals surface area contributed by atoms with Gasteiger partial charge >= 0.3 is 0 Å². The summed E-state index contributed by atoms with van der Waals surface area (Å²) in [5, 5.41) is 7.17. The van der Waals surface area contributed by atoms with E-state index in [9.17, 15) is 0 Å². The first kappa shape index (κ1) is 10.6. The van der Waals surface area contributed by atoms with Gasteiger partial charge < -0.3 is 10.6 Å². The quantitative estimate of drug-likeness (QED) is 0.806. The van der Waals surface area contributed by atoms with Crippen LogP contribution in [0.3, 0.4) is 0 Å². The van der Waals surface area contributed by atoms with Crippen LogP contribution in [0.1, 0.15) is 19.3 Å². The van der Waals surface area contributed by atoms with Crippen molar-refractivity contribution < 1.29 is 0 Å². The molecule has 1 aliphatic rings. The number of anilines is 1. The van der Waals surface area contributed by atoms with E-state index in [0.29, 0.717) is 11.2 Å². The van der Waals surface area contributed by atoms with Crippen LogP contribution in [-0.4, -0.2) is 29.1 Å². The lowest BCUT2D eigenvalue weighted by Crippen LogP contribution is -2.22. The summed E-state index contributed by atoms with van der Waals surface area (Å²) < 4.78 is 0. The average Bonchev–Trinajstić information content (AvgIpc) is 2.46. The van der Waals surface area contributed by atoms with Crippen molar-refractivity contribution in [3.8, 4) is 0 Å². The normalized spacial score (nSPS) is 22.1. The van der Waals surface area contributed by atoms with Crippen molar-refractivity contribution >= 4 is 17.4 Å². The van der Waals surface area contributed by atoms with Gasteiger partial charge in [-0.3, -0.25) is 4.98 Å². The SMILES string of the molecule is Clc1cncc(NC2CCCNCC2)n1. The lowest BCUT2D eigenvalue weighted by atomic mass is 10.1. The molecule has 1 unspecified atom stereocenters. The Morgan fingerprint density at radius 2 is 2.27 bits per heavy atom. The topological polar surface area (TPSA) is 49.8 Å². The molecule has 1 fully saturated rings. The van der Waals surface area contributed by atoms with Gasteiger partial charge in [0.2, 0.25) is 0 Å². The Bertz CT molecular complexity index is 310. The first-order valence-electron chi connectivity index (χ1n) is 5.29. The number of nitrogens with one attached hydrogen (secondary N) is 2. The minimum Gasteiger partial charge on any atom is -0.366 e. The fourth-order valence-electron chi connectivity index (χ4n) is 1.78. The zero-order chi connectivity index (χ0) is 10.5. The third-order valence-corrected chi connectivity index (χ3v) is 2.71. The molecule has 82 valence electrons. The van der Waals surface area contributed by atoms with E-state index in [4.69, 9.17) is 11.6 Å². The van der Waals surface area contributed by atoms with E-state index in [-0.39, 0.29) is 0 Å². The molecule has 1 atom stereocenters. The van der Waals surface area contributed by atoms with Crippen LogP contribution in [0.4, 0.5) is 5.82 Å². The molecule has 1 aromatic heterocycles. The van der Waals surface area contributed by atoms with E-state index in [2.05, 4.69) is 20.6 Å². The number of rotatable bonds is 2. The first-order chi connectivity index (χ1) is 7.34. The highest BCUT2D eigenvalue weighted by atomic mass is 35.5. The molecule has 4 nitrogen and oxygen atoms in total. The van der Waals surface area contributed by atoms with E-state index in [1.165, 1.54) is 12.8 Å². The predicted molar refractivity (Wildman–Crippen MR) is 61.2 cm³/mol. The van der Waals surface area contributed by atoms with Crippen LogP contribution in [0.2, 0.25) is 5.15 Å². The molecule has 0 amide bonds. The van der Waals surface area contributed by atoms with Gasteiger partial charge in [0, 0.05) is 6.04 Å². The van der Waals surface area contributed by atoms with Gasteiger partial charge in [-0.05, 0) is 32.4 Å². The fourth-order valence-corrected chi connectivity index (χ4v) is 1.93. The van der Waals surface area contributed by atoms with Gasteiger partial charge in [-0.25, -0.2) is 4.98 Å². The van der Waals surface area contributed by atoms with E-state index < -0.39 is 0 Å². The van der Waals surface area contributed by atoms with E-state index in [0.717, 1.165) is 25.3 Å². The number of hydrogen-bond acceptors (Lipinski definition) is 4. The molecular formula is C10H15ClN4. The van der Waals surface area contributed by atoms with Gasteiger partial charge in [-0.2, -0.15) is 0 Å². The number of nitrogens with zero attached hydrogens (tertiary/aromatic N) is 2. The predicted octanol–water partition coefficient (Wildman–Crippen LogP) is 1.68. The van der Waals surface area contributed by atoms with Crippen LogP contribution in [0.5, 0.6) is 0 Å². The summed E-state index contributed by atoms with van der Waals surface area (Å²) in [7, 11) is 0. The van der Waals surface area contributed by atoms with Crippen molar-refractivity contribution in [2.24, 2.45) is 0 Å². The molecule has 2 rings (SSSR count). The molecule has 2 heterocycles. The number of aromatic nitrogens is 2. The molecule has 1 aromatic rings. The Balaban J connectivity index is 1.95.